The number of ether oxygens (including phenoxy) is 2. The fourth-order valence-electron chi connectivity index (χ4n) is 5.41. The molecule has 0 aliphatic heterocycles. The molecule has 11 nitrogen and oxygen atoms in total. The predicted molar refractivity (Wildman–Crippen MR) is 172 cm³/mol. The van der Waals surface area contributed by atoms with Crippen molar-refractivity contribution < 1.29 is 28.3 Å². The zero-order chi connectivity index (χ0) is 32.8. The summed E-state index contributed by atoms with van der Waals surface area (Å²) in [5.41, 5.74) is 4.64. The van der Waals surface area contributed by atoms with Crippen LogP contribution in [0, 0.1) is 5.92 Å². The molecule has 0 bridgehead atoms. The third kappa shape index (κ3) is 7.90. The number of fused-ring (bicyclic) bond motifs is 3. The Balaban J connectivity index is 1.22. The van der Waals surface area contributed by atoms with Gasteiger partial charge in [-0.25, -0.2) is 9.59 Å². The molecule has 4 aromatic rings. The minimum absolute atomic E-state index is 0.0793. The van der Waals surface area contributed by atoms with Crippen molar-refractivity contribution >= 4 is 24.1 Å². The van der Waals surface area contributed by atoms with E-state index in [1.165, 1.54) is 0 Å². The van der Waals surface area contributed by atoms with Crippen LogP contribution in [0.5, 0.6) is 0 Å². The summed E-state index contributed by atoms with van der Waals surface area (Å²) >= 11 is 0. The van der Waals surface area contributed by atoms with Gasteiger partial charge in [0.25, 0.3) is 5.91 Å². The van der Waals surface area contributed by atoms with Gasteiger partial charge in [-0.05, 0) is 54.5 Å². The molecule has 1 heterocycles. The molecule has 0 saturated heterocycles. The smallest absolute Gasteiger partial charge is 0.408 e. The summed E-state index contributed by atoms with van der Waals surface area (Å²) in [6.07, 6.45) is -1.02. The summed E-state index contributed by atoms with van der Waals surface area (Å²) in [6.45, 7) is 9.01. The van der Waals surface area contributed by atoms with Gasteiger partial charge in [0.1, 0.15) is 24.3 Å². The Morgan fingerprint density at radius 1 is 0.826 bits per heavy atom. The monoisotopic (exact) mass is 625 g/mol. The average Bonchev–Trinajstić information content (AvgIpc) is 3.60. The van der Waals surface area contributed by atoms with Gasteiger partial charge in [-0.1, -0.05) is 97.8 Å². The second kappa shape index (κ2) is 13.8. The van der Waals surface area contributed by atoms with E-state index in [0.29, 0.717) is 6.42 Å². The molecule has 0 saturated carbocycles. The normalized spacial score (nSPS) is 13.7. The Morgan fingerprint density at radius 2 is 1.43 bits per heavy atom. The SMILES string of the molecule is CC(C)[C@H](NC(=O)OCC1c2ccccc2-c2ccccc21)C(=O)Nc1nnc([C@H](Cc2ccccc2)NC(=O)OC(C)(C)C)o1. The third-order valence-corrected chi connectivity index (χ3v) is 7.51. The predicted octanol–water partition coefficient (Wildman–Crippen LogP) is 6.38. The Kier molecular flexibility index (Phi) is 9.69. The molecule has 0 radical (unpaired) electrons. The van der Waals surface area contributed by atoms with Gasteiger partial charge in [-0.3, -0.25) is 10.1 Å². The number of carbonyl (C=O) groups is 3. The number of nitrogens with zero attached hydrogens (tertiary/aromatic N) is 2. The lowest BCUT2D eigenvalue weighted by molar-refractivity contribution is -0.119. The van der Waals surface area contributed by atoms with E-state index in [0.717, 1.165) is 27.8 Å². The van der Waals surface area contributed by atoms with Gasteiger partial charge in [0.15, 0.2) is 0 Å². The van der Waals surface area contributed by atoms with Crippen molar-refractivity contribution in [2.45, 2.75) is 64.6 Å². The first-order valence-corrected chi connectivity index (χ1v) is 15.3. The van der Waals surface area contributed by atoms with Crippen LogP contribution in [0.25, 0.3) is 11.1 Å². The first kappa shape index (κ1) is 32.2. The standard InChI is InChI=1S/C35H39N5O6/c1-21(2)29(37-33(42)44-20-27-25-17-11-9-15-23(25)24-16-10-12-18-26(24)27)30(41)38-32-40-39-31(45-32)28(19-22-13-7-6-8-14-22)36-34(43)46-35(3,4)5/h6-18,21,27-29H,19-20H2,1-5H3,(H,36,43)(H,37,42)(H,38,40,41)/t28-,29-/m0/s1. The molecule has 0 fully saturated rings. The Bertz CT molecular complexity index is 1630. The zero-order valence-corrected chi connectivity index (χ0v) is 26.6. The molecular weight excluding hydrogens is 586 g/mol. The molecule has 240 valence electrons. The fourth-order valence-corrected chi connectivity index (χ4v) is 5.41. The van der Waals surface area contributed by atoms with Crippen molar-refractivity contribution in [2.75, 3.05) is 11.9 Å². The lowest BCUT2D eigenvalue weighted by Gasteiger charge is -2.22. The van der Waals surface area contributed by atoms with E-state index in [1.54, 1.807) is 34.6 Å². The van der Waals surface area contributed by atoms with Crippen molar-refractivity contribution in [2.24, 2.45) is 5.92 Å². The van der Waals surface area contributed by atoms with Crippen LogP contribution in [0.2, 0.25) is 0 Å². The minimum atomic E-state index is -0.953. The Labute approximate surface area is 268 Å². The quantitative estimate of drug-likeness (QED) is 0.184. The molecule has 3 aromatic carbocycles. The molecule has 1 aliphatic carbocycles. The highest BCUT2D eigenvalue weighted by atomic mass is 16.6. The van der Waals surface area contributed by atoms with Crippen LogP contribution < -0.4 is 16.0 Å². The van der Waals surface area contributed by atoms with Gasteiger partial charge in [-0.15, -0.1) is 5.10 Å². The summed E-state index contributed by atoms with van der Waals surface area (Å²) < 4.78 is 16.8. The summed E-state index contributed by atoms with van der Waals surface area (Å²) in [4.78, 5) is 38.8. The van der Waals surface area contributed by atoms with Gasteiger partial charge in [0, 0.05) is 12.3 Å². The van der Waals surface area contributed by atoms with E-state index in [-0.39, 0.29) is 30.3 Å². The molecule has 0 unspecified atom stereocenters. The van der Waals surface area contributed by atoms with Crippen LogP contribution in [0.4, 0.5) is 15.6 Å². The number of anilines is 1. The van der Waals surface area contributed by atoms with E-state index in [2.05, 4.69) is 38.3 Å². The van der Waals surface area contributed by atoms with E-state index >= 15 is 0 Å². The number of rotatable bonds is 10. The molecule has 5 rings (SSSR count). The number of alkyl carbamates (subject to hydrolysis) is 2. The van der Waals surface area contributed by atoms with Crippen LogP contribution in [-0.4, -0.2) is 46.5 Å². The van der Waals surface area contributed by atoms with Gasteiger partial charge in [0.05, 0.1) is 0 Å². The van der Waals surface area contributed by atoms with E-state index in [4.69, 9.17) is 13.9 Å². The van der Waals surface area contributed by atoms with Gasteiger partial charge < -0.3 is 24.5 Å². The average molecular weight is 626 g/mol. The molecular formula is C35H39N5O6. The van der Waals surface area contributed by atoms with Crippen molar-refractivity contribution in [3.05, 3.63) is 101 Å². The maximum atomic E-state index is 13.3. The summed E-state index contributed by atoms with van der Waals surface area (Å²) in [7, 11) is 0. The van der Waals surface area contributed by atoms with Gasteiger partial charge >= 0.3 is 18.2 Å². The first-order chi connectivity index (χ1) is 22.0. The lowest BCUT2D eigenvalue weighted by atomic mass is 9.98. The number of hydrogen-bond acceptors (Lipinski definition) is 8. The molecule has 1 aliphatic rings. The molecule has 2 atom stereocenters. The lowest BCUT2D eigenvalue weighted by Crippen LogP contribution is -2.47. The van der Waals surface area contributed by atoms with E-state index in [1.807, 2.05) is 66.7 Å². The van der Waals surface area contributed by atoms with Crippen LogP contribution in [0.15, 0.2) is 83.3 Å². The number of hydrogen-bond donors (Lipinski definition) is 3. The first-order valence-electron chi connectivity index (χ1n) is 15.3. The van der Waals surface area contributed by atoms with Crippen LogP contribution in [0.1, 0.15) is 69.2 Å². The molecule has 3 amide bonds. The van der Waals surface area contributed by atoms with Crippen molar-refractivity contribution in [1.82, 2.24) is 20.8 Å². The minimum Gasteiger partial charge on any atom is -0.449 e. The van der Waals surface area contributed by atoms with Crippen molar-refractivity contribution in [1.29, 1.82) is 0 Å². The van der Waals surface area contributed by atoms with E-state index in [9.17, 15) is 14.4 Å². The number of benzene rings is 3. The van der Waals surface area contributed by atoms with Crippen LogP contribution >= 0.6 is 0 Å². The van der Waals surface area contributed by atoms with E-state index < -0.39 is 35.8 Å². The third-order valence-electron chi connectivity index (χ3n) is 7.51. The molecule has 0 spiro atoms. The number of nitrogens with one attached hydrogen (secondary N) is 3. The fraction of sp³-hybridized carbons (Fsp3) is 0.343. The van der Waals surface area contributed by atoms with Crippen LogP contribution in [0.3, 0.4) is 0 Å². The summed E-state index contributed by atoms with van der Waals surface area (Å²) in [5, 5.41) is 16.1. The highest BCUT2D eigenvalue weighted by Crippen LogP contribution is 2.44. The molecule has 3 N–H and O–H groups in total. The van der Waals surface area contributed by atoms with Gasteiger partial charge in [0.2, 0.25) is 5.89 Å². The van der Waals surface area contributed by atoms with Gasteiger partial charge in [-0.2, -0.15) is 0 Å². The maximum absolute atomic E-state index is 13.3. The number of amides is 3. The molecule has 1 aromatic heterocycles. The van der Waals surface area contributed by atoms with Crippen molar-refractivity contribution in [3.63, 3.8) is 0 Å². The molecule has 11 heteroatoms. The van der Waals surface area contributed by atoms with Crippen molar-refractivity contribution in [3.8, 4) is 11.1 Å². The topological polar surface area (TPSA) is 145 Å². The Hall–Kier alpha value is -5.19. The highest BCUT2D eigenvalue weighted by molar-refractivity contribution is 5.95. The Morgan fingerprint density at radius 3 is 2.04 bits per heavy atom. The highest BCUT2D eigenvalue weighted by Gasteiger charge is 2.31. The number of carbonyl (C=O) groups excluding carboxylic acids is 3. The number of aromatic nitrogens is 2. The largest absolute Gasteiger partial charge is 0.449 e. The maximum Gasteiger partial charge on any atom is 0.408 e. The summed E-state index contributed by atoms with van der Waals surface area (Å²) in [5.74, 6) is -0.879. The molecule has 46 heavy (non-hydrogen) atoms. The second-order valence-corrected chi connectivity index (χ2v) is 12.5. The second-order valence-electron chi connectivity index (χ2n) is 12.5. The van der Waals surface area contributed by atoms with Crippen LogP contribution in [-0.2, 0) is 20.7 Å². The zero-order valence-electron chi connectivity index (χ0n) is 26.6. The summed E-state index contributed by atoms with van der Waals surface area (Å²) in [6, 6.07) is 23.7.